The zero-order chi connectivity index (χ0) is 13.3. The molecule has 2 heteroatoms. The SMILES string of the molecule is NCC1CO1.c1ccc(CCc2ccccc2)cc1. The zero-order valence-corrected chi connectivity index (χ0v) is 11.2. The number of aryl methyl sites for hydroxylation is 2. The predicted octanol–water partition coefficient (Wildman–Crippen LogP) is 2.82. The Morgan fingerprint density at radius 3 is 1.53 bits per heavy atom. The lowest BCUT2D eigenvalue weighted by Gasteiger charge is -2.01. The molecule has 1 fully saturated rings. The van der Waals surface area contributed by atoms with E-state index in [0.29, 0.717) is 12.6 Å². The molecule has 3 rings (SSSR count). The molecule has 2 nitrogen and oxygen atoms in total. The molecular formula is C17H21NO. The molecule has 0 bridgehead atoms. The Morgan fingerprint density at radius 2 is 1.26 bits per heavy atom. The fourth-order valence-electron chi connectivity index (χ4n) is 1.78. The summed E-state index contributed by atoms with van der Waals surface area (Å²) >= 11 is 0. The summed E-state index contributed by atoms with van der Waals surface area (Å²) in [5.41, 5.74) is 7.94. The molecule has 0 aliphatic carbocycles. The highest BCUT2D eigenvalue weighted by molar-refractivity contribution is 5.19. The second kappa shape index (κ2) is 7.72. The van der Waals surface area contributed by atoms with Crippen LogP contribution in [0, 0.1) is 0 Å². The molecule has 1 aliphatic heterocycles. The molecule has 1 unspecified atom stereocenters. The molecule has 1 heterocycles. The maximum atomic E-state index is 5.11. The van der Waals surface area contributed by atoms with E-state index < -0.39 is 0 Å². The van der Waals surface area contributed by atoms with Crippen LogP contribution in [-0.2, 0) is 17.6 Å². The van der Waals surface area contributed by atoms with Gasteiger partial charge in [-0.05, 0) is 24.0 Å². The van der Waals surface area contributed by atoms with Gasteiger partial charge in [0, 0.05) is 6.54 Å². The molecule has 0 aromatic heterocycles. The lowest BCUT2D eigenvalue weighted by atomic mass is 10.0. The molecule has 0 radical (unpaired) electrons. The third-order valence-corrected chi connectivity index (χ3v) is 3.05. The van der Waals surface area contributed by atoms with Gasteiger partial charge >= 0.3 is 0 Å². The summed E-state index contributed by atoms with van der Waals surface area (Å²) < 4.78 is 4.73. The third kappa shape index (κ3) is 5.69. The zero-order valence-electron chi connectivity index (χ0n) is 11.2. The van der Waals surface area contributed by atoms with Crippen LogP contribution in [-0.4, -0.2) is 19.3 Å². The van der Waals surface area contributed by atoms with Crippen LogP contribution in [0.3, 0.4) is 0 Å². The van der Waals surface area contributed by atoms with Crippen LogP contribution in [0.25, 0.3) is 0 Å². The Bertz CT molecular complexity index is 412. The molecular weight excluding hydrogens is 234 g/mol. The first-order chi connectivity index (χ1) is 9.38. The number of benzene rings is 2. The summed E-state index contributed by atoms with van der Waals surface area (Å²) in [4.78, 5) is 0. The van der Waals surface area contributed by atoms with Crippen molar-refractivity contribution >= 4 is 0 Å². The Balaban J connectivity index is 0.000000224. The normalized spacial score (nSPS) is 16.4. The van der Waals surface area contributed by atoms with Crippen LogP contribution in [0.1, 0.15) is 11.1 Å². The first-order valence-electron chi connectivity index (χ1n) is 6.78. The second-order valence-corrected chi connectivity index (χ2v) is 4.66. The van der Waals surface area contributed by atoms with Crippen molar-refractivity contribution in [3.8, 4) is 0 Å². The van der Waals surface area contributed by atoms with Crippen LogP contribution in [0.5, 0.6) is 0 Å². The molecule has 2 aromatic carbocycles. The molecule has 2 N–H and O–H groups in total. The van der Waals surface area contributed by atoms with Crippen molar-refractivity contribution in [1.82, 2.24) is 0 Å². The second-order valence-electron chi connectivity index (χ2n) is 4.66. The molecule has 100 valence electrons. The van der Waals surface area contributed by atoms with Crippen molar-refractivity contribution in [2.75, 3.05) is 13.2 Å². The highest BCUT2D eigenvalue weighted by atomic mass is 16.6. The lowest BCUT2D eigenvalue weighted by molar-refractivity contribution is 0.412. The molecule has 1 atom stereocenters. The topological polar surface area (TPSA) is 38.5 Å². The maximum Gasteiger partial charge on any atom is 0.0931 e. The smallest absolute Gasteiger partial charge is 0.0931 e. The van der Waals surface area contributed by atoms with E-state index in [1.807, 2.05) is 0 Å². The van der Waals surface area contributed by atoms with Crippen molar-refractivity contribution in [2.24, 2.45) is 5.73 Å². The van der Waals surface area contributed by atoms with Crippen molar-refractivity contribution in [1.29, 1.82) is 0 Å². The summed E-state index contributed by atoms with van der Waals surface area (Å²) in [7, 11) is 0. The standard InChI is InChI=1S/C14H14.C3H7NO/c1-3-7-13(8-4-1)11-12-14-9-5-2-6-10-14;4-1-3-2-5-3/h1-10H,11-12H2;3H,1-2,4H2. The van der Waals surface area contributed by atoms with Crippen LogP contribution < -0.4 is 5.73 Å². The van der Waals surface area contributed by atoms with E-state index in [4.69, 9.17) is 10.5 Å². The van der Waals surface area contributed by atoms with E-state index in [1.54, 1.807) is 0 Å². The van der Waals surface area contributed by atoms with Crippen molar-refractivity contribution in [2.45, 2.75) is 18.9 Å². The lowest BCUT2D eigenvalue weighted by Crippen LogP contribution is -2.05. The van der Waals surface area contributed by atoms with Gasteiger partial charge in [0.05, 0.1) is 12.7 Å². The van der Waals surface area contributed by atoms with Gasteiger partial charge in [-0.3, -0.25) is 0 Å². The molecule has 2 aromatic rings. The first-order valence-corrected chi connectivity index (χ1v) is 6.78. The van der Waals surface area contributed by atoms with Gasteiger partial charge in [0.2, 0.25) is 0 Å². The Morgan fingerprint density at radius 1 is 0.842 bits per heavy atom. The minimum atomic E-state index is 0.412. The summed E-state index contributed by atoms with van der Waals surface area (Å²) in [5, 5.41) is 0. The summed E-state index contributed by atoms with van der Waals surface area (Å²) in [6, 6.07) is 21.2. The van der Waals surface area contributed by atoms with Gasteiger partial charge in [-0.25, -0.2) is 0 Å². The van der Waals surface area contributed by atoms with Gasteiger partial charge in [0.15, 0.2) is 0 Å². The minimum Gasteiger partial charge on any atom is -0.372 e. The summed E-state index contributed by atoms with van der Waals surface area (Å²) in [6.07, 6.45) is 2.67. The molecule has 19 heavy (non-hydrogen) atoms. The Labute approximate surface area is 115 Å². The van der Waals surface area contributed by atoms with E-state index in [1.165, 1.54) is 11.1 Å². The van der Waals surface area contributed by atoms with E-state index in [9.17, 15) is 0 Å². The summed E-state index contributed by atoms with van der Waals surface area (Å²) in [5.74, 6) is 0. The molecule has 0 amide bonds. The van der Waals surface area contributed by atoms with Gasteiger partial charge in [0.1, 0.15) is 0 Å². The average molecular weight is 255 g/mol. The van der Waals surface area contributed by atoms with E-state index >= 15 is 0 Å². The van der Waals surface area contributed by atoms with Gasteiger partial charge in [-0.1, -0.05) is 60.7 Å². The van der Waals surface area contributed by atoms with Crippen LogP contribution in [0.2, 0.25) is 0 Å². The third-order valence-electron chi connectivity index (χ3n) is 3.05. The highest BCUT2D eigenvalue weighted by Gasteiger charge is 2.18. The molecule has 1 aliphatic rings. The van der Waals surface area contributed by atoms with Gasteiger partial charge in [-0.2, -0.15) is 0 Å². The fourth-order valence-corrected chi connectivity index (χ4v) is 1.78. The molecule has 1 saturated heterocycles. The maximum absolute atomic E-state index is 5.11. The monoisotopic (exact) mass is 255 g/mol. The van der Waals surface area contributed by atoms with E-state index in [0.717, 1.165) is 19.4 Å². The first kappa shape index (κ1) is 13.8. The van der Waals surface area contributed by atoms with Crippen LogP contribution in [0.15, 0.2) is 60.7 Å². The molecule has 0 spiro atoms. The van der Waals surface area contributed by atoms with Crippen LogP contribution >= 0.6 is 0 Å². The van der Waals surface area contributed by atoms with Crippen molar-refractivity contribution < 1.29 is 4.74 Å². The number of rotatable bonds is 4. The van der Waals surface area contributed by atoms with Crippen LogP contribution in [0.4, 0.5) is 0 Å². The van der Waals surface area contributed by atoms with Gasteiger partial charge < -0.3 is 10.5 Å². The fraction of sp³-hybridized carbons (Fsp3) is 0.294. The predicted molar refractivity (Wildman–Crippen MR) is 79.1 cm³/mol. The van der Waals surface area contributed by atoms with E-state index in [2.05, 4.69) is 60.7 Å². The van der Waals surface area contributed by atoms with E-state index in [-0.39, 0.29) is 0 Å². The summed E-state index contributed by atoms with van der Waals surface area (Å²) in [6.45, 7) is 1.58. The van der Waals surface area contributed by atoms with Gasteiger partial charge in [-0.15, -0.1) is 0 Å². The quantitative estimate of drug-likeness (QED) is 0.853. The minimum absolute atomic E-state index is 0.412. The Kier molecular flexibility index (Phi) is 5.60. The number of epoxide rings is 1. The number of hydrogen-bond acceptors (Lipinski definition) is 2. The number of nitrogens with two attached hydrogens (primary N) is 1. The Hall–Kier alpha value is -1.64. The number of ether oxygens (including phenoxy) is 1. The average Bonchev–Trinajstić information content (AvgIpc) is 3.32. The van der Waals surface area contributed by atoms with Crippen molar-refractivity contribution in [3.63, 3.8) is 0 Å². The van der Waals surface area contributed by atoms with Gasteiger partial charge in [0.25, 0.3) is 0 Å². The van der Waals surface area contributed by atoms with Crippen molar-refractivity contribution in [3.05, 3.63) is 71.8 Å². The highest BCUT2D eigenvalue weighted by Crippen LogP contribution is 2.06. The number of hydrogen-bond donors (Lipinski definition) is 1. The largest absolute Gasteiger partial charge is 0.372 e. The molecule has 0 saturated carbocycles.